The van der Waals surface area contributed by atoms with Crippen LogP contribution < -0.4 is 10.6 Å². The molecule has 0 aliphatic rings. The summed E-state index contributed by atoms with van der Waals surface area (Å²) < 4.78 is 0. The van der Waals surface area contributed by atoms with Crippen LogP contribution in [0.3, 0.4) is 0 Å². The fraction of sp³-hybridized carbons (Fsp3) is 0.227. The van der Waals surface area contributed by atoms with Crippen molar-refractivity contribution in [3.05, 3.63) is 54.6 Å². The van der Waals surface area contributed by atoms with E-state index in [1.165, 1.54) is 0 Å². The largest absolute Gasteiger partial charge is 0.384 e. The second-order valence-corrected chi connectivity index (χ2v) is 7.55. The van der Waals surface area contributed by atoms with Gasteiger partial charge in [-0.3, -0.25) is 10.3 Å². The molecule has 9 nitrogen and oxygen atoms in total. The van der Waals surface area contributed by atoms with E-state index in [0.717, 1.165) is 22.2 Å². The van der Waals surface area contributed by atoms with Crippen LogP contribution in [-0.2, 0) is 5.60 Å². The van der Waals surface area contributed by atoms with Crippen molar-refractivity contribution in [2.75, 3.05) is 11.9 Å². The van der Waals surface area contributed by atoms with Gasteiger partial charge in [0.15, 0.2) is 5.82 Å². The van der Waals surface area contributed by atoms with Gasteiger partial charge in [-0.05, 0) is 50.6 Å². The number of aromatic nitrogens is 5. The van der Waals surface area contributed by atoms with Crippen LogP contribution in [0.25, 0.3) is 33.5 Å². The number of carbonyl (C=O) groups is 1. The third kappa shape index (κ3) is 4.36. The lowest BCUT2D eigenvalue weighted by Gasteiger charge is -2.16. The van der Waals surface area contributed by atoms with E-state index >= 15 is 0 Å². The molecule has 9 heteroatoms. The lowest BCUT2D eigenvalue weighted by atomic mass is 10.00. The van der Waals surface area contributed by atoms with E-state index in [1.54, 1.807) is 44.6 Å². The molecule has 1 aromatic carbocycles. The first-order chi connectivity index (χ1) is 14.8. The van der Waals surface area contributed by atoms with Gasteiger partial charge in [0.2, 0.25) is 5.95 Å². The molecule has 0 saturated heterocycles. The Labute approximate surface area is 179 Å². The van der Waals surface area contributed by atoms with Crippen LogP contribution in [0.1, 0.15) is 26.5 Å². The Kier molecular flexibility index (Phi) is 5.35. The normalized spacial score (nSPS) is 11.5. The SMILES string of the molecule is CCNC(=O)Nc1nc2c(-c3ncccn3)cc(-c3ccc(C(C)(C)O)nc3)cc2[nH]1. The van der Waals surface area contributed by atoms with E-state index in [-0.39, 0.29) is 6.03 Å². The number of H-pyrrole nitrogens is 1. The van der Waals surface area contributed by atoms with Gasteiger partial charge in [0.1, 0.15) is 11.1 Å². The predicted octanol–water partition coefficient (Wildman–Crippen LogP) is 3.45. The number of pyridine rings is 1. The molecule has 0 bridgehead atoms. The smallest absolute Gasteiger partial charge is 0.321 e. The molecule has 3 aromatic heterocycles. The molecule has 4 rings (SSSR count). The van der Waals surface area contributed by atoms with Crippen LogP contribution in [0.15, 0.2) is 48.9 Å². The number of aromatic amines is 1. The molecule has 0 aliphatic heterocycles. The van der Waals surface area contributed by atoms with Gasteiger partial charge in [-0.1, -0.05) is 6.07 Å². The summed E-state index contributed by atoms with van der Waals surface area (Å²) in [7, 11) is 0. The predicted molar refractivity (Wildman–Crippen MR) is 118 cm³/mol. The number of urea groups is 1. The van der Waals surface area contributed by atoms with Gasteiger partial charge in [0.05, 0.1) is 11.2 Å². The maximum atomic E-state index is 11.9. The molecule has 0 spiro atoms. The molecule has 3 heterocycles. The first kappa shape index (κ1) is 20.4. The summed E-state index contributed by atoms with van der Waals surface area (Å²) in [5.41, 5.74) is 3.38. The topological polar surface area (TPSA) is 129 Å². The van der Waals surface area contributed by atoms with Gasteiger partial charge < -0.3 is 15.4 Å². The monoisotopic (exact) mass is 417 g/mol. The number of benzene rings is 1. The maximum Gasteiger partial charge on any atom is 0.321 e. The van der Waals surface area contributed by atoms with Crippen molar-refractivity contribution in [3.63, 3.8) is 0 Å². The van der Waals surface area contributed by atoms with Crippen molar-refractivity contribution in [1.29, 1.82) is 0 Å². The highest BCUT2D eigenvalue weighted by molar-refractivity contribution is 5.97. The molecule has 31 heavy (non-hydrogen) atoms. The number of nitrogens with zero attached hydrogens (tertiary/aromatic N) is 4. The number of nitrogens with one attached hydrogen (secondary N) is 3. The lowest BCUT2D eigenvalue weighted by Crippen LogP contribution is -2.28. The molecule has 158 valence electrons. The van der Waals surface area contributed by atoms with Gasteiger partial charge in [-0.2, -0.15) is 0 Å². The average Bonchev–Trinajstić information content (AvgIpc) is 3.15. The van der Waals surface area contributed by atoms with Crippen molar-refractivity contribution in [2.45, 2.75) is 26.4 Å². The lowest BCUT2D eigenvalue weighted by molar-refractivity contribution is 0.0739. The first-order valence-electron chi connectivity index (χ1n) is 9.90. The van der Waals surface area contributed by atoms with Crippen LogP contribution >= 0.6 is 0 Å². The van der Waals surface area contributed by atoms with E-state index in [2.05, 4.69) is 35.6 Å². The summed E-state index contributed by atoms with van der Waals surface area (Å²) in [6, 6.07) is 8.98. The Morgan fingerprint density at radius 1 is 1.13 bits per heavy atom. The first-order valence-corrected chi connectivity index (χ1v) is 9.90. The third-order valence-corrected chi connectivity index (χ3v) is 4.69. The number of carbonyl (C=O) groups excluding carboxylic acids is 1. The van der Waals surface area contributed by atoms with Crippen molar-refractivity contribution in [2.24, 2.45) is 0 Å². The number of hydrogen-bond acceptors (Lipinski definition) is 6. The van der Waals surface area contributed by atoms with Crippen molar-refractivity contribution in [3.8, 4) is 22.5 Å². The van der Waals surface area contributed by atoms with Crippen LogP contribution in [0.2, 0.25) is 0 Å². The Bertz CT molecular complexity index is 1210. The molecular weight excluding hydrogens is 394 g/mol. The molecule has 0 unspecified atom stereocenters. The number of imidazole rings is 1. The molecule has 0 saturated carbocycles. The van der Waals surface area contributed by atoms with E-state index in [1.807, 2.05) is 25.1 Å². The summed E-state index contributed by atoms with van der Waals surface area (Å²) in [6.07, 6.45) is 5.05. The number of amides is 2. The number of hydrogen-bond donors (Lipinski definition) is 4. The molecule has 0 atom stereocenters. The zero-order valence-corrected chi connectivity index (χ0v) is 17.5. The third-order valence-electron chi connectivity index (χ3n) is 4.69. The molecule has 0 aliphatic carbocycles. The maximum absolute atomic E-state index is 11.9. The fourth-order valence-electron chi connectivity index (χ4n) is 3.19. The van der Waals surface area contributed by atoms with Crippen molar-refractivity contribution >= 4 is 23.0 Å². The minimum absolute atomic E-state index is 0.325. The minimum atomic E-state index is -1.02. The zero-order chi connectivity index (χ0) is 22.0. The summed E-state index contributed by atoms with van der Waals surface area (Å²) in [6.45, 7) is 5.74. The van der Waals surface area contributed by atoms with E-state index < -0.39 is 5.60 Å². The molecule has 0 fully saturated rings. The number of aliphatic hydroxyl groups is 1. The Morgan fingerprint density at radius 2 is 1.90 bits per heavy atom. The molecule has 4 N–H and O–H groups in total. The number of fused-ring (bicyclic) bond motifs is 1. The molecular formula is C22H23N7O2. The van der Waals surface area contributed by atoms with E-state index in [4.69, 9.17) is 0 Å². The molecule has 2 amide bonds. The van der Waals surface area contributed by atoms with E-state index in [0.29, 0.717) is 29.5 Å². The summed E-state index contributed by atoms with van der Waals surface area (Å²) in [5, 5.41) is 15.5. The van der Waals surface area contributed by atoms with Crippen molar-refractivity contribution < 1.29 is 9.90 Å². The van der Waals surface area contributed by atoms with Gasteiger partial charge in [0, 0.05) is 36.3 Å². The molecule has 0 radical (unpaired) electrons. The highest BCUT2D eigenvalue weighted by Crippen LogP contribution is 2.32. The summed E-state index contributed by atoms with van der Waals surface area (Å²) in [4.78, 5) is 32.7. The van der Waals surface area contributed by atoms with Crippen LogP contribution in [0.4, 0.5) is 10.7 Å². The Morgan fingerprint density at radius 3 is 2.55 bits per heavy atom. The van der Waals surface area contributed by atoms with Crippen LogP contribution in [0, 0.1) is 0 Å². The fourth-order valence-corrected chi connectivity index (χ4v) is 3.19. The second kappa shape index (κ2) is 8.11. The Balaban J connectivity index is 1.82. The second-order valence-electron chi connectivity index (χ2n) is 7.55. The highest BCUT2D eigenvalue weighted by atomic mass is 16.3. The number of anilines is 1. The van der Waals surface area contributed by atoms with Crippen LogP contribution in [-0.4, -0.2) is 42.6 Å². The van der Waals surface area contributed by atoms with Gasteiger partial charge in [-0.25, -0.2) is 19.7 Å². The van der Waals surface area contributed by atoms with Gasteiger partial charge >= 0.3 is 6.03 Å². The van der Waals surface area contributed by atoms with Crippen LogP contribution in [0.5, 0.6) is 0 Å². The number of rotatable bonds is 5. The highest BCUT2D eigenvalue weighted by Gasteiger charge is 2.18. The Hall–Kier alpha value is -3.85. The van der Waals surface area contributed by atoms with Crippen molar-refractivity contribution in [1.82, 2.24) is 30.2 Å². The minimum Gasteiger partial charge on any atom is -0.384 e. The zero-order valence-electron chi connectivity index (χ0n) is 17.5. The standard InChI is InChI=1S/C22H23N7O2/c1-4-23-21(30)29-20-27-16-11-14(13-6-7-17(26-12-13)22(2,3)31)10-15(18(16)28-20)19-24-8-5-9-25-19/h5-12,31H,4H2,1-3H3,(H3,23,27,28,29,30). The summed E-state index contributed by atoms with van der Waals surface area (Å²) in [5.74, 6) is 0.845. The van der Waals surface area contributed by atoms with Gasteiger partial charge in [0.25, 0.3) is 0 Å². The molecule has 4 aromatic rings. The van der Waals surface area contributed by atoms with E-state index in [9.17, 15) is 9.90 Å². The average molecular weight is 417 g/mol. The quantitative estimate of drug-likeness (QED) is 0.394. The summed E-state index contributed by atoms with van der Waals surface area (Å²) >= 11 is 0. The van der Waals surface area contributed by atoms with Gasteiger partial charge in [-0.15, -0.1) is 0 Å².